The van der Waals surface area contributed by atoms with Gasteiger partial charge in [0.25, 0.3) is 0 Å². The summed E-state index contributed by atoms with van der Waals surface area (Å²) >= 11 is 0. The van der Waals surface area contributed by atoms with Crippen LogP contribution >= 0.6 is 0 Å². The first kappa shape index (κ1) is 20.4. The third kappa shape index (κ3) is 3.27. The maximum absolute atomic E-state index is 14.5. The molecule has 4 nitrogen and oxygen atoms in total. The van der Waals surface area contributed by atoms with Gasteiger partial charge < -0.3 is 5.32 Å². The molecular weight excluding hydrogens is 365 g/mol. The molecule has 1 aromatic carbocycles. The lowest BCUT2D eigenvalue weighted by Crippen LogP contribution is -2.50. The molecule has 2 aliphatic carbocycles. The number of hydrogen-bond donors (Lipinski definition) is 1. The minimum absolute atomic E-state index is 0.132. The summed E-state index contributed by atoms with van der Waals surface area (Å²) in [6.45, 7) is 9.58. The van der Waals surface area contributed by atoms with Crippen LogP contribution in [0.5, 0.6) is 0 Å². The fourth-order valence-corrected chi connectivity index (χ4v) is 5.94. The van der Waals surface area contributed by atoms with Gasteiger partial charge in [-0.2, -0.15) is 5.10 Å². The molecule has 0 aromatic heterocycles. The van der Waals surface area contributed by atoms with E-state index in [0.29, 0.717) is 18.0 Å². The molecule has 1 heterocycles. The average Bonchev–Trinajstić information content (AvgIpc) is 3.26. The fraction of sp³-hybridized carbons (Fsp3) is 0.667. The van der Waals surface area contributed by atoms with E-state index in [9.17, 15) is 9.18 Å². The third-order valence-corrected chi connectivity index (χ3v) is 8.40. The van der Waals surface area contributed by atoms with Gasteiger partial charge >= 0.3 is 6.03 Å². The summed E-state index contributed by atoms with van der Waals surface area (Å²) in [4.78, 5) is 13.1. The number of nitrogens with one attached hydrogen (secondary N) is 1. The first-order valence-electron chi connectivity index (χ1n) is 11.2. The molecule has 1 aromatic rings. The summed E-state index contributed by atoms with van der Waals surface area (Å²) in [5.74, 6) is 0.304. The number of urea groups is 1. The van der Waals surface area contributed by atoms with E-state index in [1.54, 1.807) is 11.1 Å². The number of hydrazone groups is 1. The van der Waals surface area contributed by atoms with Crippen LogP contribution in [0.1, 0.15) is 77.7 Å². The van der Waals surface area contributed by atoms with Crippen LogP contribution in [-0.2, 0) is 0 Å². The minimum Gasteiger partial charge on any atom is -0.333 e. The van der Waals surface area contributed by atoms with E-state index in [4.69, 9.17) is 0 Å². The quantitative estimate of drug-likeness (QED) is 0.679. The molecule has 158 valence electrons. The minimum atomic E-state index is -0.216. The molecule has 29 heavy (non-hydrogen) atoms. The van der Waals surface area contributed by atoms with Gasteiger partial charge in [0.2, 0.25) is 0 Å². The van der Waals surface area contributed by atoms with Crippen LogP contribution in [0.25, 0.3) is 0 Å². The van der Waals surface area contributed by atoms with Crippen molar-refractivity contribution in [3.05, 3.63) is 35.6 Å². The topological polar surface area (TPSA) is 44.7 Å². The molecule has 0 saturated heterocycles. The molecule has 5 heteroatoms. The summed E-state index contributed by atoms with van der Waals surface area (Å²) in [5.41, 5.74) is 1.95. The summed E-state index contributed by atoms with van der Waals surface area (Å²) in [7, 11) is 0. The maximum Gasteiger partial charge on any atom is 0.338 e. The number of hydrogen-bond acceptors (Lipinski definition) is 2. The molecule has 1 aliphatic heterocycles. The second-order valence-corrected chi connectivity index (χ2v) is 9.96. The Morgan fingerprint density at radius 2 is 2.07 bits per heavy atom. The zero-order valence-corrected chi connectivity index (χ0v) is 18.2. The van der Waals surface area contributed by atoms with E-state index < -0.39 is 0 Å². The molecule has 2 saturated carbocycles. The molecule has 2 bridgehead atoms. The molecule has 2 fully saturated rings. The highest BCUT2D eigenvalue weighted by atomic mass is 19.1. The van der Waals surface area contributed by atoms with E-state index in [2.05, 4.69) is 38.1 Å². The van der Waals surface area contributed by atoms with Gasteiger partial charge in [-0.05, 0) is 60.5 Å². The van der Waals surface area contributed by atoms with Gasteiger partial charge in [0.15, 0.2) is 0 Å². The number of carbonyl (C=O) groups is 1. The Hall–Kier alpha value is -1.91. The molecule has 4 rings (SSSR count). The molecule has 0 radical (unpaired) electrons. The lowest BCUT2D eigenvalue weighted by Gasteiger charge is -2.39. The number of benzene rings is 1. The van der Waals surface area contributed by atoms with Gasteiger partial charge in [-0.3, -0.25) is 0 Å². The standard InChI is InChI=1S/C24H34FN3O/c1-5-6-11-20-18(17-9-7-8-10-19(17)25)15-28(27-20)22(29)26-21-14-16-12-13-24(21,4)23(16,2)3/h7-10,16,18,21H,5-6,11-15H2,1-4H3,(H,26,29)/t16-,18?,21-,24+/m1/s1. The SMILES string of the molecule is CCCCC1=NN(C(=O)N[C@@H]2C[C@H]3CC[C@]2(C)C3(C)C)CC1c1ccccc1F. The van der Waals surface area contributed by atoms with Crippen molar-refractivity contribution < 1.29 is 9.18 Å². The smallest absolute Gasteiger partial charge is 0.333 e. The molecule has 2 amide bonds. The number of fused-ring (bicyclic) bond motifs is 2. The van der Waals surface area contributed by atoms with Crippen molar-refractivity contribution in [2.75, 3.05) is 6.54 Å². The molecule has 0 spiro atoms. The molecular formula is C24H34FN3O. The van der Waals surface area contributed by atoms with Gasteiger partial charge in [0, 0.05) is 17.7 Å². The second-order valence-electron chi connectivity index (χ2n) is 9.96. The Morgan fingerprint density at radius 1 is 1.31 bits per heavy atom. The van der Waals surface area contributed by atoms with E-state index in [1.807, 2.05) is 12.1 Å². The predicted octanol–water partition coefficient (Wildman–Crippen LogP) is 5.70. The maximum atomic E-state index is 14.5. The highest BCUT2D eigenvalue weighted by Gasteiger charge is 2.61. The van der Waals surface area contributed by atoms with Crippen molar-refractivity contribution in [3.63, 3.8) is 0 Å². The number of carbonyl (C=O) groups excluding carboxylic acids is 1. The number of rotatable bonds is 5. The lowest BCUT2D eigenvalue weighted by molar-refractivity contribution is 0.118. The van der Waals surface area contributed by atoms with Crippen LogP contribution < -0.4 is 5.32 Å². The van der Waals surface area contributed by atoms with Crippen LogP contribution in [0.4, 0.5) is 9.18 Å². The number of nitrogens with zero attached hydrogens (tertiary/aromatic N) is 2. The van der Waals surface area contributed by atoms with Crippen molar-refractivity contribution in [1.82, 2.24) is 10.3 Å². The Kier molecular flexibility index (Phi) is 5.20. The van der Waals surface area contributed by atoms with Gasteiger partial charge in [-0.1, -0.05) is 52.3 Å². The van der Waals surface area contributed by atoms with Crippen LogP contribution in [-0.4, -0.2) is 29.3 Å². The first-order valence-corrected chi connectivity index (χ1v) is 11.2. The van der Waals surface area contributed by atoms with E-state index in [1.165, 1.54) is 18.9 Å². The second kappa shape index (κ2) is 7.41. The Balaban J connectivity index is 1.51. The number of halogens is 1. The van der Waals surface area contributed by atoms with Crippen molar-refractivity contribution in [3.8, 4) is 0 Å². The van der Waals surface area contributed by atoms with Crippen molar-refractivity contribution in [2.45, 2.75) is 78.2 Å². The zero-order valence-electron chi connectivity index (χ0n) is 18.2. The van der Waals surface area contributed by atoms with Crippen molar-refractivity contribution >= 4 is 11.7 Å². The van der Waals surface area contributed by atoms with Crippen molar-refractivity contribution in [2.24, 2.45) is 21.8 Å². The molecule has 1 unspecified atom stereocenters. The van der Waals surface area contributed by atoms with Gasteiger partial charge in [0.05, 0.1) is 6.54 Å². The summed E-state index contributed by atoms with van der Waals surface area (Å²) < 4.78 is 14.5. The lowest BCUT2D eigenvalue weighted by atomic mass is 9.69. The molecule has 1 N–H and O–H groups in total. The fourth-order valence-electron chi connectivity index (χ4n) is 5.94. The Morgan fingerprint density at radius 3 is 2.69 bits per heavy atom. The van der Waals surface area contributed by atoms with Gasteiger partial charge in [-0.15, -0.1) is 0 Å². The van der Waals surface area contributed by atoms with Gasteiger partial charge in [-0.25, -0.2) is 14.2 Å². The van der Waals surface area contributed by atoms with E-state index >= 15 is 0 Å². The number of unbranched alkanes of at least 4 members (excludes halogenated alkanes) is 1. The van der Waals surface area contributed by atoms with Crippen LogP contribution in [0.15, 0.2) is 29.4 Å². The third-order valence-electron chi connectivity index (χ3n) is 8.40. The van der Waals surface area contributed by atoms with E-state index in [-0.39, 0.29) is 34.6 Å². The van der Waals surface area contributed by atoms with Crippen molar-refractivity contribution in [1.29, 1.82) is 0 Å². The monoisotopic (exact) mass is 399 g/mol. The predicted molar refractivity (Wildman–Crippen MR) is 114 cm³/mol. The zero-order chi connectivity index (χ0) is 20.8. The van der Waals surface area contributed by atoms with Crippen LogP contribution in [0, 0.1) is 22.6 Å². The highest BCUT2D eigenvalue weighted by molar-refractivity contribution is 5.94. The average molecular weight is 400 g/mol. The first-order chi connectivity index (χ1) is 13.8. The summed E-state index contributed by atoms with van der Waals surface area (Å²) in [6, 6.07) is 6.93. The van der Waals surface area contributed by atoms with E-state index in [0.717, 1.165) is 31.4 Å². The summed E-state index contributed by atoms with van der Waals surface area (Å²) in [5, 5.41) is 9.50. The molecule has 4 atom stereocenters. The largest absolute Gasteiger partial charge is 0.338 e. The van der Waals surface area contributed by atoms with Crippen LogP contribution in [0.3, 0.4) is 0 Å². The summed E-state index contributed by atoms with van der Waals surface area (Å²) in [6.07, 6.45) is 6.32. The van der Waals surface area contributed by atoms with Crippen LogP contribution in [0.2, 0.25) is 0 Å². The number of amides is 2. The Bertz CT molecular complexity index is 820. The molecule has 3 aliphatic rings. The Labute approximate surface area is 173 Å². The van der Waals surface area contributed by atoms with Gasteiger partial charge in [0.1, 0.15) is 5.82 Å². The normalized spacial score (nSPS) is 32.5. The highest BCUT2D eigenvalue weighted by Crippen LogP contribution is 2.65.